The van der Waals surface area contributed by atoms with E-state index in [0.717, 1.165) is 12.0 Å². The normalized spacial score (nSPS) is 9.88. The minimum absolute atomic E-state index is 0.411. The van der Waals surface area contributed by atoms with Crippen molar-refractivity contribution in [1.29, 1.82) is 5.26 Å². The maximum atomic E-state index is 10.7. The lowest BCUT2D eigenvalue weighted by Crippen LogP contribution is -2.20. The summed E-state index contributed by atoms with van der Waals surface area (Å²) < 4.78 is 0. The van der Waals surface area contributed by atoms with E-state index in [4.69, 9.17) is 5.26 Å². The summed E-state index contributed by atoms with van der Waals surface area (Å²) >= 11 is 0. The molecule has 1 aromatic rings. The van der Waals surface area contributed by atoms with Crippen LogP contribution in [0.15, 0.2) is 24.3 Å². The Morgan fingerprint density at radius 2 is 1.88 bits per heavy atom. The van der Waals surface area contributed by atoms with Crippen LogP contribution in [0.1, 0.15) is 25.0 Å². The van der Waals surface area contributed by atoms with E-state index in [1.807, 2.05) is 12.1 Å². The summed E-state index contributed by atoms with van der Waals surface area (Å²) in [5.74, 6) is 0.0513. The minimum atomic E-state index is -0.591. The van der Waals surface area contributed by atoms with Gasteiger partial charge in [-0.2, -0.15) is 5.26 Å². The number of carbonyl (C=O) groups excluding carboxylic acids is 1. The zero-order valence-corrected chi connectivity index (χ0v) is 9.66. The fourth-order valence-electron chi connectivity index (χ4n) is 1.49. The van der Waals surface area contributed by atoms with Gasteiger partial charge in [0.25, 0.3) is 0 Å². The van der Waals surface area contributed by atoms with Crippen molar-refractivity contribution in [1.82, 2.24) is 5.32 Å². The number of benzene rings is 1. The summed E-state index contributed by atoms with van der Waals surface area (Å²) in [6, 6.07) is 9.61. The number of hydrogen-bond acceptors (Lipinski definition) is 2. The summed E-state index contributed by atoms with van der Waals surface area (Å²) in [7, 11) is 0. The average molecular weight is 216 g/mol. The van der Waals surface area contributed by atoms with Crippen LogP contribution in [0.5, 0.6) is 0 Å². The number of nitrogens with one attached hydrogen (secondary N) is 1. The molecule has 1 aromatic carbocycles. The monoisotopic (exact) mass is 216 g/mol. The van der Waals surface area contributed by atoms with Crippen molar-refractivity contribution >= 4 is 5.91 Å². The van der Waals surface area contributed by atoms with Crippen LogP contribution in [-0.2, 0) is 17.8 Å². The third kappa shape index (κ3) is 4.14. The fraction of sp³-hybridized carbons (Fsp3) is 0.385. The third-order valence-electron chi connectivity index (χ3n) is 2.22. The predicted octanol–water partition coefficient (Wildman–Crippen LogP) is 2.02. The molecule has 0 unspecified atom stereocenters. The molecule has 0 aliphatic heterocycles. The molecule has 0 heterocycles. The molecule has 0 aliphatic rings. The van der Waals surface area contributed by atoms with Crippen LogP contribution >= 0.6 is 0 Å². The van der Waals surface area contributed by atoms with E-state index in [-0.39, 0.29) is 0 Å². The van der Waals surface area contributed by atoms with E-state index in [2.05, 4.69) is 31.3 Å². The highest BCUT2D eigenvalue weighted by Gasteiger charge is 2.00. The lowest BCUT2D eigenvalue weighted by molar-refractivity contribution is -0.116. The maximum absolute atomic E-state index is 10.7. The van der Waals surface area contributed by atoms with Crippen molar-refractivity contribution in [3.8, 4) is 6.07 Å². The Morgan fingerprint density at radius 1 is 1.31 bits per heavy atom. The summed E-state index contributed by atoms with van der Waals surface area (Å²) in [5, 5.41) is 10.8. The van der Waals surface area contributed by atoms with Crippen molar-refractivity contribution in [2.24, 2.45) is 5.92 Å². The molecule has 0 saturated heterocycles. The van der Waals surface area contributed by atoms with E-state index >= 15 is 0 Å². The molecule has 3 nitrogen and oxygen atoms in total. The third-order valence-corrected chi connectivity index (χ3v) is 2.22. The van der Waals surface area contributed by atoms with Crippen molar-refractivity contribution in [3.05, 3.63) is 35.4 Å². The van der Waals surface area contributed by atoms with Crippen molar-refractivity contribution in [2.45, 2.75) is 26.8 Å². The number of hydrogen-bond donors (Lipinski definition) is 1. The topological polar surface area (TPSA) is 52.9 Å². The van der Waals surface area contributed by atoms with Crippen LogP contribution in [0.2, 0.25) is 0 Å². The van der Waals surface area contributed by atoms with E-state index in [1.54, 1.807) is 0 Å². The fourth-order valence-corrected chi connectivity index (χ4v) is 1.49. The number of carbonyl (C=O) groups is 1. The lowest BCUT2D eigenvalue weighted by Gasteiger charge is -2.06. The van der Waals surface area contributed by atoms with Crippen LogP contribution in [0.25, 0.3) is 0 Å². The first-order valence-electron chi connectivity index (χ1n) is 5.37. The Labute approximate surface area is 96.1 Å². The first kappa shape index (κ1) is 12.3. The van der Waals surface area contributed by atoms with Crippen molar-refractivity contribution in [2.75, 3.05) is 0 Å². The average Bonchev–Trinajstić information content (AvgIpc) is 2.27. The second-order valence-corrected chi connectivity index (χ2v) is 4.21. The van der Waals surface area contributed by atoms with Crippen LogP contribution in [0, 0.1) is 17.2 Å². The second-order valence-electron chi connectivity index (χ2n) is 4.21. The summed E-state index contributed by atoms with van der Waals surface area (Å²) in [6.45, 7) is 4.77. The molecule has 0 spiro atoms. The standard InChI is InChI=1S/C13H16N2O/c1-10(2)7-11-3-5-12(6-4-11)9-15-13(16)8-14/h3-6,10H,7,9H2,1-2H3,(H,15,16). The van der Waals surface area contributed by atoms with Crippen LogP contribution in [-0.4, -0.2) is 5.91 Å². The summed E-state index contributed by atoms with van der Waals surface area (Å²) in [6.07, 6.45) is 1.06. The van der Waals surface area contributed by atoms with E-state index in [0.29, 0.717) is 12.5 Å². The highest BCUT2D eigenvalue weighted by Crippen LogP contribution is 2.09. The van der Waals surface area contributed by atoms with Gasteiger partial charge in [0.2, 0.25) is 0 Å². The van der Waals surface area contributed by atoms with Gasteiger partial charge in [-0.15, -0.1) is 0 Å². The summed E-state index contributed by atoms with van der Waals surface area (Å²) in [5.41, 5.74) is 2.31. The lowest BCUT2D eigenvalue weighted by atomic mass is 10.0. The van der Waals surface area contributed by atoms with E-state index in [1.165, 1.54) is 11.6 Å². The van der Waals surface area contributed by atoms with Crippen LogP contribution in [0.3, 0.4) is 0 Å². The number of amides is 1. The number of rotatable bonds is 4. The highest BCUT2D eigenvalue weighted by atomic mass is 16.1. The Kier molecular flexibility index (Phi) is 4.53. The Bertz CT molecular complexity index is 387. The molecule has 0 fully saturated rings. The van der Waals surface area contributed by atoms with Gasteiger partial charge < -0.3 is 5.32 Å². The molecule has 1 amide bonds. The molecular formula is C13H16N2O. The molecule has 84 valence electrons. The molecular weight excluding hydrogens is 200 g/mol. The molecule has 0 radical (unpaired) electrons. The molecule has 0 saturated carbocycles. The van der Waals surface area contributed by atoms with Gasteiger partial charge in [0, 0.05) is 6.54 Å². The van der Waals surface area contributed by atoms with Crippen LogP contribution < -0.4 is 5.32 Å². The quantitative estimate of drug-likeness (QED) is 0.783. The van der Waals surface area contributed by atoms with Gasteiger partial charge in [-0.05, 0) is 23.5 Å². The van der Waals surface area contributed by atoms with Gasteiger partial charge in [0.15, 0.2) is 6.07 Å². The molecule has 16 heavy (non-hydrogen) atoms. The van der Waals surface area contributed by atoms with Gasteiger partial charge >= 0.3 is 5.91 Å². The Balaban J connectivity index is 2.52. The Hall–Kier alpha value is -1.82. The number of nitrogens with zero attached hydrogens (tertiary/aromatic N) is 1. The molecule has 3 heteroatoms. The molecule has 0 atom stereocenters. The van der Waals surface area contributed by atoms with E-state index in [9.17, 15) is 4.79 Å². The Morgan fingerprint density at radius 3 is 2.38 bits per heavy atom. The number of nitriles is 1. The zero-order chi connectivity index (χ0) is 12.0. The SMILES string of the molecule is CC(C)Cc1ccc(CNC(=O)C#N)cc1. The van der Waals surface area contributed by atoms with Crippen molar-refractivity contribution < 1.29 is 4.79 Å². The van der Waals surface area contributed by atoms with Gasteiger partial charge in [0.05, 0.1) is 0 Å². The first-order valence-corrected chi connectivity index (χ1v) is 5.37. The van der Waals surface area contributed by atoms with E-state index < -0.39 is 5.91 Å². The molecule has 0 aromatic heterocycles. The highest BCUT2D eigenvalue weighted by molar-refractivity contribution is 5.91. The molecule has 1 rings (SSSR count). The predicted molar refractivity (Wildman–Crippen MR) is 62.4 cm³/mol. The van der Waals surface area contributed by atoms with Gasteiger partial charge in [-0.1, -0.05) is 38.1 Å². The largest absolute Gasteiger partial charge is 0.339 e. The minimum Gasteiger partial charge on any atom is -0.339 e. The first-order chi connectivity index (χ1) is 7.61. The molecule has 1 N–H and O–H groups in total. The molecule has 0 aliphatic carbocycles. The summed E-state index contributed by atoms with van der Waals surface area (Å²) in [4.78, 5) is 10.7. The van der Waals surface area contributed by atoms with Crippen molar-refractivity contribution in [3.63, 3.8) is 0 Å². The van der Waals surface area contributed by atoms with Gasteiger partial charge in [-0.3, -0.25) is 4.79 Å². The zero-order valence-electron chi connectivity index (χ0n) is 9.66. The maximum Gasteiger partial charge on any atom is 0.322 e. The van der Waals surface area contributed by atoms with Gasteiger partial charge in [0.1, 0.15) is 0 Å². The van der Waals surface area contributed by atoms with Gasteiger partial charge in [-0.25, -0.2) is 0 Å². The second kappa shape index (κ2) is 5.92. The smallest absolute Gasteiger partial charge is 0.322 e. The molecule has 0 bridgehead atoms. The van der Waals surface area contributed by atoms with Crippen LogP contribution in [0.4, 0.5) is 0 Å².